The van der Waals surface area contributed by atoms with Gasteiger partial charge in [0.2, 0.25) is 0 Å². The Morgan fingerprint density at radius 2 is 0.700 bits per heavy atom. The summed E-state index contributed by atoms with van der Waals surface area (Å²) in [5.74, 6) is -0.682. The summed E-state index contributed by atoms with van der Waals surface area (Å²) in [5.41, 5.74) is 1.91. The van der Waals surface area contributed by atoms with Crippen molar-refractivity contribution < 1.29 is 28.7 Å². The van der Waals surface area contributed by atoms with Crippen LogP contribution in [0.4, 0.5) is 11.4 Å². The van der Waals surface area contributed by atoms with Crippen molar-refractivity contribution in [1.29, 1.82) is 0 Å². The molecule has 0 saturated heterocycles. The highest BCUT2D eigenvalue weighted by atomic mass is 16.5. The van der Waals surface area contributed by atoms with E-state index in [2.05, 4.69) is 13.8 Å². The summed E-state index contributed by atoms with van der Waals surface area (Å²) in [7, 11) is 0. The maximum atomic E-state index is 13.9. The molecule has 4 aromatic rings. The largest absolute Gasteiger partial charge is 0.494 e. The number of hydrogen-bond donors (Lipinski definition) is 0. The summed E-state index contributed by atoms with van der Waals surface area (Å²) in [6.07, 6.45) is 14.1. The van der Waals surface area contributed by atoms with Gasteiger partial charge in [0.1, 0.15) is 11.5 Å². The lowest BCUT2D eigenvalue weighted by Crippen LogP contribution is -2.43. The van der Waals surface area contributed by atoms with Crippen LogP contribution in [-0.4, -0.2) is 36.8 Å². The second-order valence-corrected chi connectivity index (χ2v) is 13.2. The number of carbonyl (C=O) groups excluding carboxylic acids is 4. The molecule has 0 atom stereocenters. The van der Waals surface area contributed by atoms with Crippen molar-refractivity contribution in [2.75, 3.05) is 23.0 Å². The lowest BCUT2D eigenvalue weighted by molar-refractivity contribution is 0.0873. The number of anilines is 2. The van der Waals surface area contributed by atoms with Crippen molar-refractivity contribution >= 4 is 45.8 Å². The minimum Gasteiger partial charge on any atom is -0.494 e. The van der Waals surface area contributed by atoms with Gasteiger partial charge in [0.15, 0.2) is 0 Å². The van der Waals surface area contributed by atoms with Crippen molar-refractivity contribution in [2.24, 2.45) is 0 Å². The number of amides is 4. The van der Waals surface area contributed by atoms with Gasteiger partial charge in [0, 0.05) is 33.0 Å². The van der Waals surface area contributed by atoms with E-state index in [0.717, 1.165) is 35.5 Å². The Morgan fingerprint density at radius 1 is 0.400 bits per heavy atom. The lowest BCUT2D eigenvalue weighted by atomic mass is 9.85. The van der Waals surface area contributed by atoms with Crippen molar-refractivity contribution in [2.45, 2.75) is 90.9 Å². The predicted octanol–water partition coefficient (Wildman–Crippen LogP) is 9.92. The zero-order chi connectivity index (χ0) is 35.0. The fourth-order valence-electron chi connectivity index (χ4n) is 6.87. The Labute approximate surface area is 294 Å². The highest BCUT2D eigenvalue weighted by Gasteiger charge is 2.40. The third-order valence-corrected chi connectivity index (χ3v) is 9.62. The minimum absolute atomic E-state index is 0.268. The fraction of sp³-hybridized carbons (Fsp3) is 0.381. The molecule has 0 aliphatic carbocycles. The quantitative estimate of drug-likeness (QED) is 0.0771. The molecule has 8 nitrogen and oxygen atoms in total. The van der Waals surface area contributed by atoms with Gasteiger partial charge in [-0.15, -0.1) is 0 Å². The summed E-state index contributed by atoms with van der Waals surface area (Å²) in [5, 5.41) is 0.676. The van der Waals surface area contributed by atoms with Gasteiger partial charge in [-0.25, -0.2) is 9.80 Å². The number of rotatable bonds is 18. The molecule has 0 N–H and O–H groups in total. The van der Waals surface area contributed by atoms with E-state index in [1.165, 1.54) is 51.4 Å². The number of benzene rings is 4. The summed E-state index contributed by atoms with van der Waals surface area (Å²) >= 11 is 0. The van der Waals surface area contributed by atoms with Gasteiger partial charge in [0.25, 0.3) is 23.6 Å². The Balaban J connectivity index is 1.16. The molecule has 0 unspecified atom stereocenters. The molecule has 2 heterocycles. The first-order valence-electron chi connectivity index (χ1n) is 18.3. The molecule has 50 heavy (non-hydrogen) atoms. The molecule has 0 spiro atoms. The van der Waals surface area contributed by atoms with Gasteiger partial charge in [-0.1, -0.05) is 78.1 Å². The third kappa shape index (κ3) is 7.16. The molecule has 4 aromatic carbocycles. The topological polar surface area (TPSA) is 93.2 Å². The number of carbonyl (C=O) groups is 4. The second kappa shape index (κ2) is 16.2. The summed E-state index contributed by atoms with van der Waals surface area (Å²) in [4.78, 5) is 57.7. The highest BCUT2D eigenvalue weighted by Crippen LogP contribution is 2.40. The maximum absolute atomic E-state index is 13.9. The first-order valence-corrected chi connectivity index (χ1v) is 18.3. The summed E-state index contributed by atoms with van der Waals surface area (Å²) < 4.78 is 11.8. The number of ether oxygens (including phenoxy) is 2. The molecule has 2 aliphatic heterocycles. The van der Waals surface area contributed by atoms with Gasteiger partial charge in [0.05, 0.1) is 24.6 Å². The molecule has 260 valence electrons. The van der Waals surface area contributed by atoms with Crippen LogP contribution in [0.5, 0.6) is 11.5 Å². The van der Waals surface area contributed by atoms with Crippen molar-refractivity contribution in [3.05, 3.63) is 95.1 Å². The zero-order valence-corrected chi connectivity index (χ0v) is 29.2. The van der Waals surface area contributed by atoms with Crippen molar-refractivity contribution in [3.8, 4) is 11.5 Å². The molecule has 2 aliphatic rings. The van der Waals surface area contributed by atoms with E-state index in [4.69, 9.17) is 9.47 Å². The molecular formula is C42H46N2O6. The number of imide groups is 2. The molecule has 6 rings (SSSR count). The summed E-state index contributed by atoms with van der Waals surface area (Å²) in [6.45, 7) is 5.63. The fourth-order valence-corrected chi connectivity index (χ4v) is 6.87. The molecule has 0 aromatic heterocycles. The van der Waals surface area contributed by atoms with Crippen LogP contribution in [0.1, 0.15) is 132 Å². The number of hydrogen-bond acceptors (Lipinski definition) is 6. The average Bonchev–Trinajstić information content (AvgIpc) is 3.13. The molecular weight excluding hydrogens is 628 g/mol. The Hall–Kier alpha value is -4.98. The maximum Gasteiger partial charge on any atom is 0.265 e. The van der Waals surface area contributed by atoms with Crippen LogP contribution in [0.15, 0.2) is 72.8 Å². The monoisotopic (exact) mass is 674 g/mol. The SMILES string of the molecule is CCCCCCCCOc1ccc(N2C(=O)c3ccc4c5c(ccc(c35)C2=O)C(=O)N(c2ccc(OCCCCCCCC)cc2)C4=O)cc1. The van der Waals surface area contributed by atoms with Gasteiger partial charge >= 0.3 is 0 Å². The molecule has 0 radical (unpaired) electrons. The van der Waals surface area contributed by atoms with E-state index in [9.17, 15) is 19.2 Å². The normalized spacial score (nSPS) is 13.8. The predicted molar refractivity (Wildman–Crippen MR) is 197 cm³/mol. The van der Waals surface area contributed by atoms with Crippen molar-refractivity contribution in [3.63, 3.8) is 0 Å². The second-order valence-electron chi connectivity index (χ2n) is 13.2. The van der Waals surface area contributed by atoms with E-state index in [0.29, 0.717) is 46.9 Å². The van der Waals surface area contributed by atoms with E-state index in [1.54, 1.807) is 72.8 Å². The van der Waals surface area contributed by atoms with Crippen LogP contribution < -0.4 is 19.3 Å². The van der Waals surface area contributed by atoms with E-state index < -0.39 is 23.6 Å². The van der Waals surface area contributed by atoms with Crippen LogP contribution in [0.3, 0.4) is 0 Å². The minimum atomic E-state index is -0.508. The van der Waals surface area contributed by atoms with Gasteiger partial charge < -0.3 is 9.47 Å². The van der Waals surface area contributed by atoms with Gasteiger partial charge in [-0.2, -0.15) is 0 Å². The van der Waals surface area contributed by atoms with Crippen molar-refractivity contribution in [1.82, 2.24) is 0 Å². The third-order valence-electron chi connectivity index (χ3n) is 9.62. The average molecular weight is 675 g/mol. The van der Waals surface area contributed by atoms with E-state index in [-0.39, 0.29) is 22.3 Å². The Morgan fingerprint density at radius 3 is 1.02 bits per heavy atom. The number of unbranched alkanes of at least 4 members (excludes halogenated alkanes) is 10. The van der Waals surface area contributed by atoms with Crippen LogP contribution in [0.25, 0.3) is 10.8 Å². The zero-order valence-electron chi connectivity index (χ0n) is 29.2. The number of nitrogens with zero attached hydrogens (tertiary/aromatic N) is 2. The Kier molecular flexibility index (Phi) is 11.3. The van der Waals surface area contributed by atoms with Crippen LogP contribution >= 0.6 is 0 Å². The molecule has 8 heteroatoms. The standard InChI is InChI=1S/C42H46N2O6/c1-3-5-7-9-11-13-27-49-31-19-15-29(16-20-31)43-39(45)33-23-25-35-38-36(26-24-34(37(33)38)40(43)46)42(48)44(41(35)47)30-17-21-32(22-18-30)50-28-14-12-10-8-6-4-2/h15-26H,3-14,27-28H2,1-2H3. The summed E-state index contributed by atoms with van der Waals surface area (Å²) in [6, 6.07) is 20.2. The molecule has 4 amide bonds. The van der Waals surface area contributed by atoms with Gasteiger partial charge in [-0.3, -0.25) is 19.2 Å². The first kappa shape index (κ1) is 34.9. The smallest absolute Gasteiger partial charge is 0.265 e. The van der Waals surface area contributed by atoms with E-state index >= 15 is 0 Å². The van der Waals surface area contributed by atoms with Crippen LogP contribution in [-0.2, 0) is 0 Å². The first-order chi connectivity index (χ1) is 24.4. The van der Waals surface area contributed by atoms with E-state index in [1.807, 2.05) is 0 Å². The van der Waals surface area contributed by atoms with Crippen LogP contribution in [0.2, 0.25) is 0 Å². The Bertz CT molecular complexity index is 1660. The molecule has 0 fully saturated rings. The van der Waals surface area contributed by atoms with Crippen LogP contribution in [0, 0.1) is 0 Å². The molecule has 0 bridgehead atoms. The van der Waals surface area contributed by atoms with Gasteiger partial charge in [-0.05, 0) is 85.6 Å². The highest BCUT2D eigenvalue weighted by molar-refractivity contribution is 6.42. The lowest BCUT2D eigenvalue weighted by Gasteiger charge is -2.32. The molecule has 0 saturated carbocycles.